The SMILES string of the molecule is CC1(C)[C@@H](O)C[C@H]1Nc1nc(NCCC2=CC=NC2)ncc1C#N. The van der Waals surface area contributed by atoms with Crippen molar-refractivity contribution in [1.82, 2.24) is 9.97 Å². The molecule has 1 saturated carbocycles. The number of anilines is 2. The Kier molecular flexibility index (Phi) is 4.49. The highest BCUT2D eigenvalue weighted by Gasteiger charge is 2.47. The van der Waals surface area contributed by atoms with Crippen LogP contribution in [0.5, 0.6) is 0 Å². The van der Waals surface area contributed by atoms with Crippen LogP contribution >= 0.6 is 0 Å². The summed E-state index contributed by atoms with van der Waals surface area (Å²) in [5.41, 5.74) is 1.45. The van der Waals surface area contributed by atoms with Crippen molar-refractivity contribution >= 4 is 18.0 Å². The molecule has 3 N–H and O–H groups in total. The molecule has 1 aliphatic heterocycles. The Labute approximate surface area is 141 Å². The molecule has 1 aromatic heterocycles. The first-order valence-corrected chi connectivity index (χ1v) is 8.14. The lowest BCUT2D eigenvalue weighted by Gasteiger charge is -2.49. The van der Waals surface area contributed by atoms with Crippen molar-refractivity contribution in [3.63, 3.8) is 0 Å². The first-order chi connectivity index (χ1) is 11.5. The van der Waals surface area contributed by atoms with Crippen molar-refractivity contribution in [2.24, 2.45) is 10.4 Å². The van der Waals surface area contributed by atoms with Crippen LogP contribution in [0.2, 0.25) is 0 Å². The van der Waals surface area contributed by atoms with Gasteiger partial charge in [-0.05, 0) is 24.5 Å². The van der Waals surface area contributed by atoms with E-state index in [-0.39, 0.29) is 17.6 Å². The van der Waals surface area contributed by atoms with Gasteiger partial charge in [0.15, 0.2) is 0 Å². The highest BCUT2D eigenvalue weighted by molar-refractivity contribution is 5.75. The number of allylic oxidation sites excluding steroid dienone is 1. The molecular weight excluding hydrogens is 304 g/mol. The van der Waals surface area contributed by atoms with Crippen molar-refractivity contribution in [3.8, 4) is 6.07 Å². The van der Waals surface area contributed by atoms with E-state index in [4.69, 9.17) is 0 Å². The van der Waals surface area contributed by atoms with E-state index in [1.165, 1.54) is 11.8 Å². The number of aliphatic hydroxyl groups is 1. The second kappa shape index (κ2) is 6.57. The van der Waals surface area contributed by atoms with Crippen LogP contribution < -0.4 is 10.6 Å². The summed E-state index contributed by atoms with van der Waals surface area (Å²) in [7, 11) is 0. The average Bonchev–Trinajstić information content (AvgIpc) is 3.08. The molecule has 7 nitrogen and oxygen atoms in total. The monoisotopic (exact) mass is 326 g/mol. The van der Waals surface area contributed by atoms with E-state index >= 15 is 0 Å². The predicted octanol–water partition coefficient (Wildman–Crippen LogP) is 1.73. The first kappa shape index (κ1) is 16.4. The van der Waals surface area contributed by atoms with Gasteiger partial charge in [-0.1, -0.05) is 13.8 Å². The van der Waals surface area contributed by atoms with Crippen LogP contribution in [0.25, 0.3) is 0 Å². The number of nitrogens with zero attached hydrogens (tertiary/aromatic N) is 4. The second-order valence-electron chi connectivity index (χ2n) is 6.83. The number of rotatable bonds is 6. The molecule has 2 heterocycles. The Balaban J connectivity index is 1.63. The molecule has 0 radical (unpaired) electrons. The summed E-state index contributed by atoms with van der Waals surface area (Å²) in [6.07, 6.45) is 6.58. The van der Waals surface area contributed by atoms with Crippen molar-refractivity contribution in [1.29, 1.82) is 5.26 Å². The minimum Gasteiger partial charge on any atom is -0.392 e. The lowest BCUT2D eigenvalue weighted by molar-refractivity contribution is -0.0511. The van der Waals surface area contributed by atoms with Crippen LogP contribution in [0, 0.1) is 16.7 Å². The van der Waals surface area contributed by atoms with E-state index < -0.39 is 0 Å². The number of aromatic nitrogens is 2. The lowest BCUT2D eigenvalue weighted by atomic mass is 9.64. The summed E-state index contributed by atoms with van der Waals surface area (Å²) in [5, 5.41) is 25.6. The molecule has 2 atom stereocenters. The van der Waals surface area contributed by atoms with E-state index in [0.29, 0.717) is 30.3 Å². The van der Waals surface area contributed by atoms with Gasteiger partial charge in [0.25, 0.3) is 0 Å². The molecule has 0 bridgehead atoms. The Morgan fingerprint density at radius 1 is 1.46 bits per heavy atom. The number of nitrogens with one attached hydrogen (secondary N) is 2. The summed E-state index contributed by atoms with van der Waals surface area (Å²) in [4.78, 5) is 12.8. The van der Waals surface area contributed by atoms with Crippen LogP contribution in [-0.4, -0.2) is 46.5 Å². The molecule has 1 aromatic rings. The van der Waals surface area contributed by atoms with Gasteiger partial charge in [0.1, 0.15) is 17.5 Å². The van der Waals surface area contributed by atoms with E-state index in [1.807, 2.05) is 26.1 Å². The maximum atomic E-state index is 9.86. The summed E-state index contributed by atoms with van der Waals surface area (Å²) < 4.78 is 0. The number of aliphatic hydroxyl groups excluding tert-OH is 1. The van der Waals surface area contributed by atoms with Crippen LogP contribution in [0.15, 0.2) is 22.8 Å². The third-order valence-electron chi connectivity index (χ3n) is 4.88. The smallest absolute Gasteiger partial charge is 0.224 e. The van der Waals surface area contributed by atoms with Crippen LogP contribution in [-0.2, 0) is 0 Å². The van der Waals surface area contributed by atoms with Crippen molar-refractivity contribution in [2.75, 3.05) is 23.7 Å². The highest BCUT2D eigenvalue weighted by Crippen LogP contribution is 2.42. The van der Waals surface area contributed by atoms with Gasteiger partial charge in [-0.25, -0.2) is 4.98 Å². The summed E-state index contributed by atoms with van der Waals surface area (Å²) >= 11 is 0. The molecule has 24 heavy (non-hydrogen) atoms. The zero-order valence-electron chi connectivity index (χ0n) is 14.0. The molecule has 0 saturated heterocycles. The molecule has 0 unspecified atom stereocenters. The van der Waals surface area contributed by atoms with Gasteiger partial charge in [0.05, 0.1) is 18.8 Å². The largest absolute Gasteiger partial charge is 0.392 e. The fourth-order valence-electron chi connectivity index (χ4n) is 2.85. The fourth-order valence-corrected chi connectivity index (χ4v) is 2.85. The van der Waals surface area contributed by atoms with Gasteiger partial charge < -0.3 is 15.7 Å². The maximum Gasteiger partial charge on any atom is 0.224 e. The molecule has 2 aliphatic rings. The van der Waals surface area contributed by atoms with Crippen molar-refractivity contribution < 1.29 is 5.11 Å². The zero-order valence-corrected chi connectivity index (χ0v) is 14.0. The van der Waals surface area contributed by atoms with Crippen molar-refractivity contribution in [3.05, 3.63) is 23.4 Å². The van der Waals surface area contributed by atoms with Crippen LogP contribution in [0.4, 0.5) is 11.8 Å². The third-order valence-corrected chi connectivity index (χ3v) is 4.88. The second-order valence-corrected chi connectivity index (χ2v) is 6.83. The standard InChI is InChI=1S/C17H22N6O/c1-17(2)13(7-14(17)24)22-15-12(8-18)10-21-16(23-15)20-6-4-11-3-5-19-9-11/h3,5,10,13-14,24H,4,6-7,9H2,1-2H3,(H2,20,21,22,23)/t13-,14+/m1/s1. The minimum atomic E-state index is -0.332. The van der Waals surface area contributed by atoms with Gasteiger partial charge in [-0.3, -0.25) is 4.99 Å². The van der Waals surface area contributed by atoms with Crippen LogP contribution in [0.3, 0.4) is 0 Å². The molecule has 0 amide bonds. The lowest BCUT2D eigenvalue weighted by Crippen LogP contribution is -2.57. The van der Waals surface area contributed by atoms with Gasteiger partial charge in [0, 0.05) is 24.2 Å². The highest BCUT2D eigenvalue weighted by atomic mass is 16.3. The molecule has 126 valence electrons. The Morgan fingerprint density at radius 3 is 2.92 bits per heavy atom. The van der Waals surface area contributed by atoms with E-state index in [2.05, 4.69) is 31.7 Å². The van der Waals surface area contributed by atoms with Crippen molar-refractivity contribution in [2.45, 2.75) is 38.8 Å². The van der Waals surface area contributed by atoms with Gasteiger partial charge in [-0.15, -0.1) is 0 Å². The maximum absolute atomic E-state index is 9.86. The average molecular weight is 326 g/mol. The topological polar surface area (TPSA) is 106 Å². The number of hydrogen-bond donors (Lipinski definition) is 3. The Hall–Kier alpha value is -2.46. The van der Waals surface area contributed by atoms with Crippen LogP contribution in [0.1, 0.15) is 32.3 Å². The summed E-state index contributed by atoms with van der Waals surface area (Å²) in [6, 6.07) is 2.20. The Bertz CT molecular complexity index is 718. The molecule has 0 spiro atoms. The zero-order chi connectivity index (χ0) is 17.2. The number of hydrogen-bond acceptors (Lipinski definition) is 7. The quantitative estimate of drug-likeness (QED) is 0.735. The van der Waals surface area contributed by atoms with E-state index in [9.17, 15) is 10.4 Å². The third kappa shape index (κ3) is 3.24. The normalized spacial score (nSPS) is 24.0. The number of aliphatic imine (C=N–C) groups is 1. The minimum absolute atomic E-state index is 0.0862. The molecular formula is C17H22N6O. The van der Waals surface area contributed by atoms with Gasteiger partial charge in [0.2, 0.25) is 5.95 Å². The fraction of sp³-hybridized carbons (Fsp3) is 0.529. The summed E-state index contributed by atoms with van der Waals surface area (Å²) in [6.45, 7) is 5.49. The Morgan fingerprint density at radius 2 is 2.29 bits per heavy atom. The molecule has 3 rings (SSSR count). The summed E-state index contributed by atoms with van der Waals surface area (Å²) in [5.74, 6) is 1.01. The first-order valence-electron chi connectivity index (χ1n) is 8.14. The molecule has 1 fully saturated rings. The predicted molar refractivity (Wildman–Crippen MR) is 93.1 cm³/mol. The van der Waals surface area contributed by atoms with Gasteiger partial charge >= 0.3 is 0 Å². The molecule has 0 aromatic carbocycles. The van der Waals surface area contributed by atoms with E-state index in [0.717, 1.165) is 13.0 Å². The van der Waals surface area contributed by atoms with Gasteiger partial charge in [-0.2, -0.15) is 10.2 Å². The molecule has 7 heteroatoms. The molecule has 1 aliphatic carbocycles. The number of nitriles is 1. The van der Waals surface area contributed by atoms with E-state index in [1.54, 1.807) is 0 Å².